The fourth-order valence-corrected chi connectivity index (χ4v) is 1.47. The molecule has 0 fully saturated rings. The molecule has 0 aliphatic rings. The molecule has 15 heavy (non-hydrogen) atoms. The van der Waals surface area contributed by atoms with Crippen LogP contribution in [0.25, 0.3) is 0 Å². The summed E-state index contributed by atoms with van der Waals surface area (Å²) in [7, 11) is 0. The number of hydrogen-bond donors (Lipinski definition) is 3. The largest absolute Gasteiger partial charge is 0.507 e. The number of aryl methyl sites for hydroxylation is 1. The van der Waals surface area contributed by atoms with Gasteiger partial charge in [0, 0.05) is 11.6 Å². The van der Waals surface area contributed by atoms with Gasteiger partial charge in [-0.2, -0.15) is 0 Å². The maximum Gasteiger partial charge on any atom is 0.123 e. The minimum atomic E-state index is -0.113. The molecule has 1 atom stereocenters. The van der Waals surface area contributed by atoms with Gasteiger partial charge in [0.05, 0.1) is 0 Å². The van der Waals surface area contributed by atoms with Crippen LogP contribution in [0.15, 0.2) is 18.2 Å². The molecule has 4 heteroatoms. The number of phenols is 1. The lowest BCUT2D eigenvalue weighted by Crippen LogP contribution is -2.12. The summed E-state index contributed by atoms with van der Waals surface area (Å²) in [6.45, 7) is 2.51. The van der Waals surface area contributed by atoms with Crippen molar-refractivity contribution in [1.29, 1.82) is 0 Å². The first-order valence-corrected chi connectivity index (χ1v) is 4.91. The SMILES string of the molecule is Cc1cccc([C@H](N)CCCN)c1O.Cl. The Kier molecular flexibility index (Phi) is 6.32. The van der Waals surface area contributed by atoms with Crippen molar-refractivity contribution in [2.24, 2.45) is 11.5 Å². The zero-order valence-electron chi connectivity index (χ0n) is 8.94. The number of aromatic hydroxyl groups is 1. The van der Waals surface area contributed by atoms with Crippen LogP contribution < -0.4 is 11.5 Å². The van der Waals surface area contributed by atoms with E-state index in [0.717, 1.165) is 24.0 Å². The monoisotopic (exact) mass is 230 g/mol. The summed E-state index contributed by atoms with van der Waals surface area (Å²) in [5.41, 5.74) is 13.0. The summed E-state index contributed by atoms with van der Waals surface area (Å²) < 4.78 is 0. The van der Waals surface area contributed by atoms with Crippen LogP contribution in [0.1, 0.15) is 30.0 Å². The number of rotatable bonds is 4. The molecular formula is C11H19ClN2O. The van der Waals surface area contributed by atoms with Crippen LogP contribution in [-0.4, -0.2) is 11.7 Å². The van der Waals surface area contributed by atoms with Crippen molar-refractivity contribution in [2.45, 2.75) is 25.8 Å². The van der Waals surface area contributed by atoms with Crippen LogP contribution in [0.3, 0.4) is 0 Å². The highest BCUT2D eigenvalue weighted by molar-refractivity contribution is 5.85. The summed E-state index contributed by atoms with van der Waals surface area (Å²) in [4.78, 5) is 0. The zero-order chi connectivity index (χ0) is 10.6. The van der Waals surface area contributed by atoms with Gasteiger partial charge in [0.1, 0.15) is 5.75 Å². The van der Waals surface area contributed by atoms with Gasteiger partial charge in [0.15, 0.2) is 0 Å². The van der Waals surface area contributed by atoms with Crippen molar-refractivity contribution >= 4 is 12.4 Å². The minimum Gasteiger partial charge on any atom is -0.507 e. The number of para-hydroxylation sites is 1. The lowest BCUT2D eigenvalue weighted by molar-refractivity contribution is 0.453. The maximum atomic E-state index is 9.76. The molecule has 5 N–H and O–H groups in total. The van der Waals surface area contributed by atoms with Crippen molar-refractivity contribution in [3.05, 3.63) is 29.3 Å². The van der Waals surface area contributed by atoms with Gasteiger partial charge < -0.3 is 16.6 Å². The highest BCUT2D eigenvalue weighted by Crippen LogP contribution is 2.28. The molecule has 0 aliphatic heterocycles. The molecule has 0 spiro atoms. The molecule has 0 saturated heterocycles. The second-order valence-electron chi connectivity index (χ2n) is 3.55. The summed E-state index contributed by atoms with van der Waals surface area (Å²) >= 11 is 0. The van der Waals surface area contributed by atoms with Crippen LogP contribution in [0.2, 0.25) is 0 Å². The molecule has 1 aromatic carbocycles. The second kappa shape index (κ2) is 6.67. The lowest BCUT2D eigenvalue weighted by atomic mass is 10.00. The summed E-state index contributed by atoms with van der Waals surface area (Å²) in [5, 5.41) is 9.76. The van der Waals surface area contributed by atoms with E-state index in [0.29, 0.717) is 12.3 Å². The van der Waals surface area contributed by atoms with Gasteiger partial charge >= 0.3 is 0 Å². The van der Waals surface area contributed by atoms with E-state index in [1.54, 1.807) is 0 Å². The molecule has 0 radical (unpaired) electrons. The Balaban J connectivity index is 0.00000196. The zero-order valence-corrected chi connectivity index (χ0v) is 9.76. The normalized spacial score (nSPS) is 11.9. The summed E-state index contributed by atoms with van der Waals surface area (Å²) in [6.07, 6.45) is 1.70. The van der Waals surface area contributed by atoms with E-state index in [9.17, 15) is 5.11 Å². The third-order valence-corrected chi connectivity index (χ3v) is 2.39. The summed E-state index contributed by atoms with van der Waals surface area (Å²) in [6, 6.07) is 5.53. The Morgan fingerprint density at radius 2 is 2.07 bits per heavy atom. The molecule has 0 saturated carbocycles. The van der Waals surface area contributed by atoms with Crippen LogP contribution in [0.4, 0.5) is 0 Å². The number of benzene rings is 1. The van der Waals surface area contributed by atoms with Crippen molar-refractivity contribution in [3.63, 3.8) is 0 Å². The fraction of sp³-hybridized carbons (Fsp3) is 0.455. The van der Waals surface area contributed by atoms with Crippen molar-refractivity contribution in [2.75, 3.05) is 6.54 Å². The molecular weight excluding hydrogens is 212 g/mol. The molecule has 1 rings (SSSR count). The Labute approximate surface area is 96.9 Å². The minimum absolute atomic E-state index is 0. The molecule has 0 amide bonds. The molecule has 0 bridgehead atoms. The molecule has 0 unspecified atom stereocenters. The lowest BCUT2D eigenvalue weighted by Gasteiger charge is -2.14. The van der Waals surface area contributed by atoms with E-state index in [-0.39, 0.29) is 18.4 Å². The smallest absolute Gasteiger partial charge is 0.123 e. The van der Waals surface area contributed by atoms with E-state index in [1.165, 1.54) is 0 Å². The number of phenolic OH excluding ortho intramolecular Hbond substituents is 1. The number of hydrogen-bond acceptors (Lipinski definition) is 3. The van der Waals surface area contributed by atoms with Gasteiger partial charge in [-0.1, -0.05) is 18.2 Å². The average molecular weight is 231 g/mol. The Hall–Kier alpha value is -0.770. The first-order valence-electron chi connectivity index (χ1n) is 4.91. The third kappa shape index (κ3) is 3.70. The Morgan fingerprint density at radius 1 is 1.40 bits per heavy atom. The van der Waals surface area contributed by atoms with Crippen molar-refractivity contribution < 1.29 is 5.11 Å². The van der Waals surface area contributed by atoms with Gasteiger partial charge in [-0.3, -0.25) is 0 Å². The van der Waals surface area contributed by atoms with Crippen LogP contribution in [-0.2, 0) is 0 Å². The topological polar surface area (TPSA) is 72.3 Å². The Morgan fingerprint density at radius 3 is 2.67 bits per heavy atom. The second-order valence-corrected chi connectivity index (χ2v) is 3.55. The van der Waals surface area contributed by atoms with Gasteiger partial charge in [0.25, 0.3) is 0 Å². The predicted molar refractivity (Wildman–Crippen MR) is 65.3 cm³/mol. The van der Waals surface area contributed by atoms with Crippen molar-refractivity contribution in [3.8, 4) is 5.75 Å². The highest BCUT2D eigenvalue weighted by atomic mass is 35.5. The van der Waals surface area contributed by atoms with Crippen LogP contribution in [0.5, 0.6) is 5.75 Å². The standard InChI is InChI=1S/C11H18N2O.ClH/c1-8-4-2-5-9(11(8)14)10(13)6-3-7-12;/h2,4-5,10,14H,3,6-7,12-13H2,1H3;1H/t10-;/m1./s1. The first-order chi connectivity index (χ1) is 6.66. The van der Waals surface area contributed by atoms with E-state index < -0.39 is 0 Å². The van der Waals surface area contributed by atoms with Gasteiger partial charge in [-0.05, 0) is 31.9 Å². The molecule has 1 aromatic rings. The summed E-state index contributed by atoms with van der Waals surface area (Å²) in [5.74, 6) is 0.317. The van der Waals surface area contributed by atoms with E-state index in [2.05, 4.69) is 0 Å². The predicted octanol–water partition coefficient (Wildman–Crippen LogP) is 1.86. The third-order valence-electron chi connectivity index (χ3n) is 2.39. The van der Waals surface area contributed by atoms with Crippen molar-refractivity contribution in [1.82, 2.24) is 0 Å². The molecule has 0 aliphatic carbocycles. The quantitative estimate of drug-likeness (QED) is 0.739. The first kappa shape index (κ1) is 14.2. The maximum absolute atomic E-state index is 9.76. The van der Waals surface area contributed by atoms with Gasteiger partial charge in [-0.25, -0.2) is 0 Å². The van der Waals surface area contributed by atoms with Crippen LogP contribution in [0, 0.1) is 6.92 Å². The number of nitrogens with two attached hydrogens (primary N) is 2. The average Bonchev–Trinajstić information content (AvgIpc) is 2.18. The van der Waals surface area contributed by atoms with E-state index in [4.69, 9.17) is 11.5 Å². The van der Waals surface area contributed by atoms with E-state index >= 15 is 0 Å². The van der Waals surface area contributed by atoms with Gasteiger partial charge in [0.2, 0.25) is 0 Å². The fourth-order valence-electron chi connectivity index (χ4n) is 1.47. The van der Waals surface area contributed by atoms with Gasteiger partial charge in [-0.15, -0.1) is 12.4 Å². The molecule has 3 nitrogen and oxygen atoms in total. The van der Waals surface area contributed by atoms with E-state index in [1.807, 2.05) is 25.1 Å². The Bertz CT molecular complexity index is 305. The molecule has 0 heterocycles. The highest BCUT2D eigenvalue weighted by Gasteiger charge is 2.11. The molecule has 0 aromatic heterocycles. The number of halogens is 1. The van der Waals surface area contributed by atoms with Crippen LogP contribution >= 0.6 is 12.4 Å². The molecule has 86 valence electrons.